The molecule has 4 rings (SSSR count). The number of amides is 1. The van der Waals surface area contributed by atoms with Gasteiger partial charge in [-0.05, 0) is 38.1 Å². The molecule has 4 aromatic rings. The van der Waals surface area contributed by atoms with Crippen LogP contribution in [0.4, 0.5) is 18.9 Å². The lowest BCUT2D eigenvalue weighted by Crippen LogP contribution is -2.16. The number of carbonyl (C=O) groups is 1. The van der Waals surface area contributed by atoms with Gasteiger partial charge in [-0.25, -0.2) is 9.97 Å². The highest BCUT2D eigenvalue weighted by molar-refractivity contribution is 6.07. The summed E-state index contributed by atoms with van der Waals surface area (Å²) >= 11 is 0. The van der Waals surface area contributed by atoms with Gasteiger partial charge in [0.2, 0.25) is 0 Å². The largest absolute Gasteiger partial charge is 0.417 e. The first kappa shape index (κ1) is 22.2. The first-order valence-electron chi connectivity index (χ1n) is 10.1. The molecule has 0 saturated carbocycles. The number of halogens is 3. The Labute approximate surface area is 188 Å². The van der Waals surface area contributed by atoms with Crippen LogP contribution in [-0.4, -0.2) is 25.7 Å². The molecule has 1 N–H and O–H groups in total. The van der Waals surface area contributed by atoms with E-state index in [9.17, 15) is 18.0 Å². The number of nitrogens with one attached hydrogen (secondary N) is 1. The Morgan fingerprint density at radius 2 is 1.73 bits per heavy atom. The number of carbonyl (C=O) groups excluding carboxylic acids is 1. The summed E-state index contributed by atoms with van der Waals surface area (Å²) in [5.41, 5.74) is 1.41. The minimum atomic E-state index is -4.59. The highest BCUT2D eigenvalue weighted by Gasteiger charge is 2.34. The fraction of sp³-hybridized carbons (Fsp3) is 0.167. The van der Waals surface area contributed by atoms with E-state index in [1.807, 2.05) is 30.3 Å². The van der Waals surface area contributed by atoms with Gasteiger partial charge in [0, 0.05) is 29.9 Å². The number of nitrogens with zero attached hydrogens (tertiary/aromatic N) is 4. The molecular weight excluding hydrogens is 431 g/mol. The molecular formula is C24H20F3N5O. The van der Waals surface area contributed by atoms with Crippen molar-refractivity contribution in [2.75, 3.05) is 5.32 Å². The molecule has 0 bridgehead atoms. The third-order valence-corrected chi connectivity index (χ3v) is 5.06. The maximum atomic E-state index is 13.6. The lowest BCUT2D eigenvalue weighted by Gasteiger charge is -2.16. The highest BCUT2D eigenvalue weighted by atomic mass is 19.4. The number of aromatic nitrogens is 4. The first-order valence-corrected chi connectivity index (χ1v) is 10.1. The Morgan fingerprint density at radius 1 is 1.00 bits per heavy atom. The van der Waals surface area contributed by atoms with Gasteiger partial charge >= 0.3 is 6.18 Å². The summed E-state index contributed by atoms with van der Waals surface area (Å²) in [6, 6.07) is 14.0. The van der Waals surface area contributed by atoms with Crippen molar-refractivity contribution in [3.8, 4) is 22.5 Å². The van der Waals surface area contributed by atoms with Gasteiger partial charge < -0.3 is 5.32 Å². The molecule has 168 valence electrons. The van der Waals surface area contributed by atoms with Crippen molar-refractivity contribution in [2.24, 2.45) is 7.05 Å². The SMILES string of the molecule is Cc1nc(C)c(NC(=O)c2ccc(C(F)(F)F)c(-c3ccn(C)n3)c2)c(-c2ccccc2)n1. The molecule has 1 amide bonds. The van der Waals surface area contributed by atoms with Gasteiger partial charge in [-0.1, -0.05) is 30.3 Å². The van der Waals surface area contributed by atoms with Gasteiger partial charge in [0.15, 0.2) is 0 Å². The number of hydrogen-bond acceptors (Lipinski definition) is 4. The number of alkyl halides is 3. The molecule has 0 fully saturated rings. The molecule has 6 nitrogen and oxygen atoms in total. The lowest BCUT2D eigenvalue weighted by molar-refractivity contribution is -0.137. The molecule has 0 unspecified atom stereocenters. The molecule has 2 aromatic heterocycles. The summed E-state index contributed by atoms with van der Waals surface area (Å²) in [5.74, 6) is -0.0371. The quantitative estimate of drug-likeness (QED) is 0.449. The third kappa shape index (κ3) is 4.62. The Hall–Kier alpha value is -4.01. The average Bonchev–Trinajstić information content (AvgIpc) is 3.21. The predicted molar refractivity (Wildman–Crippen MR) is 119 cm³/mol. The summed E-state index contributed by atoms with van der Waals surface area (Å²) in [4.78, 5) is 21.9. The topological polar surface area (TPSA) is 72.7 Å². The second kappa shape index (κ2) is 8.50. The van der Waals surface area contributed by atoms with E-state index < -0.39 is 17.6 Å². The van der Waals surface area contributed by atoms with Crippen LogP contribution in [0.1, 0.15) is 27.4 Å². The molecule has 2 aromatic carbocycles. The maximum absolute atomic E-state index is 13.6. The van der Waals surface area contributed by atoms with E-state index in [1.54, 1.807) is 27.1 Å². The number of anilines is 1. The third-order valence-electron chi connectivity index (χ3n) is 5.06. The van der Waals surface area contributed by atoms with Crippen molar-refractivity contribution >= 4 is 11.6 Å². The first-order chi connectivity index (χ1) is 15.6. The Morgan fingerprint density at radius 3 is 2.36 bits per heavy atom. The van der Waals surface area contributed by atoms with Crippen molar-refractivity contribution in [3.63, 3.8) is 0 Å². The van der Waals surface area contributed by atoms with Crippen molar-refractivity contribution in [2.45, 2.75) is 20.0 Å². The van der Waals surface area contributed by atoms with Gasteiger partial charge in [-0.3, -0.25) is 9.48 Å². The Kier molecular flexibility index (Phi) is 5.71. The van der Waals surface area contributed by atoms with Crippen molar-refractivity contribution in [1.29, 1.82) is 0 Å². The normalized spacial score (nSPS) is 11.5. The Bertz CT molecular complexity index is 1330. The fourth-order valence-electron chi connectivity index (χ4n) is 3.56. The van der Waals surface area contributed by atoms with Crippen molar-refractivity contribution in [3.05, 3.63) is 83.4 Å². The standard InChI is InChI=1S/C24H20F3N5O/c1-14-21(22(29-15(2)28-14)16-7-5-4-6-8-16)30-23(33)17-9-10-19(24(25,26)27)18(13-17)20-11-12-32(3)31-20/h4-13H,1-3H3,(H,30,33). The fourth-order valence-corrected chi connectivity index (χ4v) is 3.56. The summed E-state index contributed by atoms with van der Waals surface area (Å²) < 4.78 is 42.2. The van der Waals surface area contributed by atoms with E-state index in [1.165, 1.54) is 16.8 Å². The minimum absolute atomic E-state index is 0.0580. The van der Waals surface area contributed by atoms with Crippen LogP contribution in [0.15, 0.2) is 60.8 Å². The van der Waals surface area contributed by atoms with Crippen LogP contribution >= 0.6 is 0 Å². The molecule has 33 heavy (non-hydrogen) atoms. The molecule has 0 aliphatic rings. The van der Waals surface area contributed by atoms with Gasteiger partial charge in [-0.2, -0.15) is 18.3 Å². The van der Waals surface area contributed by atoms with Crippen LogP contribution in [-0.2, 0) is 13.2 Å². The maximum Gasteiger partial charge on any atom is 0.417 e. The summed E-state index contributed by atoms with van der Waals surface area (Å²) in [6.07, 6.45) is -3.05. The monoisotopic (exact) mass is 451 g/mol. The van der Waals surface area contributed by atoms with Gasteiger partial charge in [-0.15, -0.1) is 0 Å². The van der Waals surface area contributed by atoms with Crippen molar-refractivity contribution < 1.29 is 18.0 Å². The second-order valence-electron chi connectivity index (χ2n) is 7.53. The Balaban J connectivity index is 1.76. The number of hydrogen-bond donors (Lipinski definition) is 1. The molecule has 0 saturated heterocycles. The van der Waals surface area contributed by atoms with E-state index in [-0.39, 0.29) is 16.8 Å². The van der Waals surface area contributed by atoms with Crippen LogP contribution in [0.25, 0.3) is 22.5 Å². The van der Waals surface area contributed by atoms with Crippen LogP contribution in [0, 0.1) is 13.8 Å². The zero-order valence-corrected chi connectivity index (χ0v) is 18.1. The van der Waals surface area contributed by atoms with Gasteiger partial charge in [0.25, 0.3) is 5.91 Å². The molecule has 0 radical (unpaired) electrons. The summed E-state index contributed by atoms with van der Waals surface area (Å²) in [7, 11) is 1.61. The number of rotatable bonds is 4. The average molecular weight is 451 g/mol. The van der Waals surface area contributed by atoms with Crippen LogP contribution in [0.3, 0.4) is 0 Å². The molecule has 0 atom stereocenters. The van der Waals surface area contributed by atoms with Crippen LogP contribution in [0.2, 0.25) is 0 Å². The zero-order chi connectivity index (χ0) is 23.8. The van der Waals surface area contributed by atoms with E-state index in [4.69, 9.17) is 0 Å². The molecule has 2 heterocycles. The highest BCUT2D eigenvalue weighted by Crippen LogP contribution is 2.37. The minimum Gasteiger partial charge on any atom is -0.319 e. The molecule has 0 aliphatic carbocycles. The molecule has 0 spiro atoms. The molecule has 0 aliphatic heterocycles. The van der Waals surface area contributed by atoms with E-state index in [0.29, 0.717) is 22.9 Å². The van der Waals surface area contributed by atoms with Gasteiger partial charge in [0.1, 0.15) is 5.82 Å². The number of benzene rings is 2. The van der Waals surface area contributed by atoms with Crippen molar-refractivity contribution in [1.82, 2.24) is 19.7 Å². The second-order valence-corrected chi connectivity index (χ2v) is 7.53. The summed E-state index contributed by atoms with van der Waals surface area (Å²) in [5, 5.41) is 6.87. The zero-order valence-electron chi connectivity index (χ0n) is 18.1. The lowest BCUT2D eigenvalue weighted by atomic mass is 10.00. The number of aryl methyl sites for hydroxylation is 3. The van der Waals surface area contributed by atoms with E-state index in [0.717, 1.165) is 17.7 Å². The van der Waals surface area contributed by atoms with Gasteiger partial charge in [0.05, 0.1) is 28.3 Å². The van der Waals surface area contributed by atoms with Crippen LogP contribution < -0.4 is 5.32 Å². The van der Waals surface area contributed by atoms with Crippen LogP contribution in [0.5, 0.6) is 0 Å². The summed E-state index contributed by atoms with van der Waals surface area (Å²) in [6.45, 7) is 3.49. The predicted octanol–water partition coefficient (Wildman–Crippen LogP) is 5.43. The van der Waals surface area contributed by atoms with E-state index in [2.05, 4.69) is 20.4 Å². The molecule has 9 heteroatoms. The smallest absolute Gasteiger partial charge is 0.319 e. The van der Waals surface area contributed by atoms with E-state index >= 15 is 0 Å².